The number of benzene rings is 2. The molecule has 2 amide bonds. The van der Waals surface area contributed by atoms with Crippen LogP contribution in [0.15, 0.2) is 42.5 Å². The summed E-state index contributed by atoms with van der Waals surface area (Å²) in [5.74, 6) is 1.48. The molecule has 0 saturated heterocycles. The first-order valence-electron chi connectivity index (χ1n) is 13.3. The predicted octanol–water partition coefficient (Wildman–Crippen LogP) is 6.03. The third-order valence-electron chi connectivity index (χ3n) is 7.58. The molecule has 0 heterocycles. The molecule has 2 aliphatic rings. The molecule has 0 unspecified atom stereocenters. The standard InChI is InChI=1S/C30H37N3O3/c1-21-16-27(36-20-24-9-5-8-23(17-24)19-31)14-15-28(21)33-30(35)25-10-12-26(13-11-25)32-29(34)18-22-6-3-2-4-7-22/h5,8-9,14-17,22,25-26H,2-4,6-7,10-13,18,20H2,1H3,(H,32,34)(H,33,35). The highest BCUT2D eigenvalue weighted by Crippen LogP contribution is 2.29. The van der Waals surface area contributed by atoms with Gasteiger partial charge in [-0.25, -0.2) is 0 Å². The van der Waals surface area contributed by atoms with Gasteiger partial charge in [-0.1, -0.05) is 31.4 Å². The summed E-state index contributed by atoms with van der Waals surface area (Å²) in [6.07, 6.45) is 10.1. The van der Waals surface area contributed by atoms with Gasteiger partial charge in [0.25, 0.3) is 0 Å². The molecule has 190 valence electrons. The molecule has 0 aromatic heterocycles. The van der Waals surface area contributed by atoms with Crippen LogP contribution in [-0.4, -0.2) is 17.9 Å². The fourth-order valence-electron chi connectivity index (χ4n) is 5.44. The minimum absolute atomic E-state index is 0.0285. The van der Waals surface area contributed by atoms with Crippen molar-refractivity contribution in [1.82, 2.24) is 5.32 Å². The fraction of sp³-hybridized carbons (Fsp3) is 0.500. The summed E-state index contributed by atoms with van der Waals surface area (Å²) < 4.78 is 5.88. The van der Waals surface area contributed by atoms with Gasteiger partial charge in [0.15, 0.2) is 0 Å². The van der Waals surface area contributed by atoms with E-state index in [1.807, 2.05) is 43.3 Å². The Kier molecular flexibility index (Phi) is 9.00. The zero-order chi connectivity index (χ0) is 25.3. The Morgan fingerprint density at radius 2 is 1.78 bits per heavy atom. The first kappa shape index (κ1) is 25.8. The minimum atomic E-state index is -0.0285. The van der Waals surface area contributed by atoms with Gasteiger partial charge in [0.05, 0.1) is 11.6 Å². The summed E-state index contributed by atoms with van der Waals surface area (Å²) in [5, 5.41) is 15.3. The molecule has 4 rings (SSSR count). The van der Waals surface area contributed by atoms with Crippen LogP contribution in [0.3, 0.4) is 0 Å². The van der Waals surface area contributed by atoms with Crippen molar-refractivity contribution in [3.8, 4) is 11.8 Å². The van der Waals surface area contributed by atoms with E-state index in [0.717, 1.165) is 48.2 Å². The third-order valence-corrected chi connectivity index (χ3v) is 7.58. The molecule has 6 heteroatoms. The van der Waals surface area contributed by atoms with E-state index < -0.39 is 0 Å². The van der Waals surface area contributed by atoms with Crippen molar-refractivity contribution in [2.45, 2.75) is 83.8 Å². The van der Waals surface area contributed by atoms with Crippen LogP contribution >= 0.6 is 0 Å². The summed E-state index contributed by atoms with van der Waals surface area (Å²) in [6.45, 7) is 2.33. The molecule has 2 aliphatic carbocycles. The number of nitrogens with one attached hydrogen (secondary N) is 2. The number of nitriles is 1. The second-order valence-electron chi connectivity index (χ2n) is 10.4. The van der Waals surface area contributed by atoms with Gasteiger partial charge in [-0.3, -0.25) is 9.59 Å². The maximum Gasteiger partial charge on any atom is 0.227 e. The number of aryl methyl sites for hydroxylation is 1. The van der Waals surface area contributed by atoms with Gasteiger partial charge in [-0.2, -0.15) is 5.26 Å². The largest absolute Gasteiger partial charge is 0.489 e. The number of ether oxygens (including phenoxy) is 1. The summed E-state index contributed by atoms with van der Waals surface area (Å²) >= 11 is 0. The quantitative estimate of drug-likeness (QED) is 0.476. The average molecular weight is 488 g/mol. The normalized spacial score (nSPS) is 20.2. The molecular formula is C30H37N3O3. The Hall–Kier alpha value is -3.33. The molecule has 2 N–H and O–H groups in total. The third kappa shape index (κ3) is 7.34. The van der Waals surface area contributed by atoms with Crippen molar-refractivity contribution in [3.63, 3.8) is 0 Å². The van der Waals surface area contributed by atoms with Crippen molar-refractivity contribution in [3.05, 3.63) is 59.2 Å². The highest BCUT2D eigenvalue weighted by Gasteiger charge is 2.28. The fourth-order valence-corrected chi connectivity index (χ4v) is 5.44. The molecule has 2 saturated carbocycles. The molecule has 0 atom stereocenters. The summed E-state index contributed by atoms with van der Waals surface area (Å²) in [7, 11) is 0. The maximum atomic E-state index is 12.9. The van der Waals surface area contributed by atoms with E-state index in [9.17, 15) is 9.59 Å². The molecule has 0 radical (unpaired) electrons. The van der Waals surface area contributed by atoms with Crippen molar-refractivity contribution in [2.75, 3.05) is 5.32 Å². The summed E-state index contributed by atoms with van der Waals surface area (Å²) in [6, 6.07) is 15.4. The van der Waals surface area contributed by atoms with Gasteiger partial charge >= 0.3 is 0 Å². The lowest BCUT2D eigenvalue weighted by Crippen LogP contribution is -2.40. The highest BCUT2D eigenvalue weighted by molar-refractivity contribution is 5.93. The van der Waals surface area contributed by atoms with Gasteiger partial charge in [0.2, 0.25) is 11.8 Å². The van der Waals surface area contributed by atoms with Crippen LogP contribution in [-0.2, 0) is 16.2 Å². The van der Waals surface area contributed by atoms with Gasteiger partial charge in [0.1, 0.15) is 12.4 Å². The van der Waals surface area contributed by atoms with Gasteiger partial charge in [-0.15, -0.1) is 0 Å². The maximum absolute atomic E-state index is 12.9. The number of hydrogen-bond donors (Lipinski definition) is 2. The zero-order valence-corrected chi connectivity index (χ0v) is 21.2. The molecule has 0 spiro atoms. The molecule has 6 nitrogen and oxygen atoms in total. The smallest absolute Gasteiger partial charge is 0.227 e. The monoisotopic (exact) mass is 487 g/mol. The molecule has 0 bridgehead atoms. The van der Waals surface area contributed by atoms with Gasteiger partial charge in [-0.05, 0) is 92.8 Å². The number of carbonyl (C=O) groups excluding carboxylic acids is 2. The number of carbonyl (C=O) groups is 2. The minimum Gasteiger partial charge on any atom is -0.489 e. The van der Waals surface area contributed by atoms with Crippen molar-refractivity contribution >= 4 is 17.5 Å². The highest BCUT2D eigenvalue weighted by atomic mass is 16.5. The lowest BCUT2D eigenvalue weighted by Gasteiger charge is -2.29. The van der Waals surface area contributed by atoms with Crippen molar-refractivity contribution in [1.29, 1.82) is 5.26 Å². The predicted molar refractivity (Wildman–Crippen MR) is 140 cm³/mol. The van der Waals surface area contributed by atoms with E-state index in [1.165, 1.54) is 32.1 Å². The van der Waals surface area contributed by atoms with Crippen LogP contribution < -0.4 is 15.4 Å². The topological polar surface area (TPSA) is 91.2 Å². The second-order valence-corrected chi connectivity index (χ2v) is 10.4. The number of rotatable bonds is 8. The lowest BCUT2D eigenvalue weighted by molar-refractivity contribution is -0.123. The second kappa shape index (κ2) is 12.6. The van der Waals surface area contributed by atoms with E-state index in [2.05, 4.69) is 16.7 Å². The molecule has 0 aliphatic heterocycles. The lowest BCUT2D eigenvalue weighted by atomic mass is 9.84. The van der Waals surface area contributed by atoms with Gasteiger partial charge < -0.3 is 15.4 Å². The number of nitrogens with zero attached hydrogens (tertiary/aromatic N) is 1. The summed E-state index contributed by atoms with van der Waals surface area (Å²) in [5.41, 5.74) is 3.28. The van der Waals surface area contributed by atoms with Crippen LogP contribution in [0.5, 0.6) is 5.75 Å². The summed E-state index contributed by atoms with van der Waals surface area (Å²) in [4.78, 5) is 25.4. The first-order chi connectivity index (χ1) is 17.5. The van der Waals surface area contributed by atoms with Crippen LogP contribution in [0.4, 0.5) is 5.69 Å². The van der Waals surface area contributed by atoms with Gasteiger partial charge in [0, 0.05) is 24.1 Å². The van der Waals surface area contributed by atoms with Crippen LogP contribution in [0.25, 0.3) is 0 Å². The molecular weight excluding hydrogens is 450 g/mol. The number of hydrogen-bond acceptors (Lipinski definition) is 4. The van der Waals surface area contributed by atoms with E-state index in [-0.39, 0.29) is 23.8 Å². The van der Waals surface area contributed by atoms with E-state index >= 15 is 0 Å². The Labute approximate surface area is 214 Å². The van der Waals surface area contributed by atoms with Crippen LogP contribution in [0.2, 0.25) is 0 Å². The van der Waals surface area contributed by atoms with Crippen LogP contribution in [0.1, 0.15) is 80.9 Å². The first-order valence-corrected chi connectivity index (χ1v) is 13.3. The van der Waals surface area contributed by atoms with E-state index in [0.29, 0.717) is 24.5 Å². The molecule has 2 aromatic carbocycles. The Morgan fingerprint density at radius 3 is 2.50 bits per heavy atom. The molecule has 2 aromatic rings. The molecule has 2 fully saturated rings. The Morgan fingerprint density at radius 1 is 1.00 bits per heavy atom. The van der Waals surface area contributed by atoms with Crippen molar-refractivity contribution in [2.24, 2.45) is 11.8 Å². The van der Waals surface area contributed by atoms with Crippen LogP contribution in [0, 0.1) is 30.1 Å². The Balaban J connectivity index is 1.21. The average Bonchev–Trinajstić information content (AvgIpc) is 2.90. The Bertz CT molecular complexity index is 1090. The van der Waals surface area contributed by atoms with E-state index in [1.54, 1.807) is 6.07 Å². The number of anilines is 1. The van der Waals surface area contributed by atoms with Crippen molar-refractivity contribution < 1.29 is 14.3 Å². The zero-order valence-electron chi connectivity index (χ0n) is 21.2. The SMILES string of the molecule is Cc1cc(OCc2cccc(C#N)c2)ccc1NC(=O)C1CCC(NC(=O)CC2CCCCC2)CC1. The molecule has 36 heavy (non-hydrogen) atoms. The van der Waals surface area contributed by atoms with E-state index in [4.69, 9.17) is 10.00 Å². The number of amides is 2.